The molecule has 11 nitrogen and oxygen atoms in total. The maximum Gasteiger partial charge on any atom is 0.231 e. The second-order valence-electron chi connectivity index (χ2n) is 9.81. The van der Waals surface area contributed by atoms with Crippen molar-refractivity contribution in [2.45, 2.75) is 13.3 Å². The molecular weight excluding hydrogens is 538 g/mol. The Labute approximate surface area is 244 Å². The molecule has 0 spiro atoms. The van der Waals surface area contributed by atoms with Crippen LogP contribution in [0.1, 0.15) is 24.5 Å². The van der Waals surface area contributed by atoms with Crippen LogP contribution in [-0.2, 0) is 9.53 Å². The Balaban J connectivity index is 1.34. The number of amides is 1. The van der Waals surface area contributed by atoms with Gasteiger partial charge in [-0.25, -0.2) is 0 Å². The first-order valence-corrected chi connectivity index (χ1v) is 13.7. The minimum Gasteiger partial charge on any atom is -0.493 e. The van der Waals surface area contributed by atoms with Crippen molar-refractivity contribution in [3.05, 3.63) is 41.6 Å². The Bertz CT molecular complexity index is 1570. The van der Waals surface area contributed by atoms with Gasteiger partial charge in [-0.05, 0) is 24.6 Å². The van der Waals surface area contributed by atoms with Crippen molar-refractivity contribution in [3.8, 4) is 40.9 Å². The van der Waals surface area contributed by atoms with Crippen molar-refractivity contribution in [2.75, 3.05) is 72.3 Å². The summed E-state index contributed by atoms with van der Waals surface area (Å²) in [6.07, 6.45) is 2.36. The van der Waals surface area contributed by atoms with Crippen LogP contribution in [0, 0.1) is 23.2 Å². The van der Waals surface area contributed by atoms with Crippen LogP contribution in [0.2, 0.25) is 0 Å². The summed E-state index contributed by atoms with van der Waals surface area (Å²) in [4.78, 5) is 20.3. The number of nitriles is 1. The van der Waals surface area contributed by atoms with Crippen LogP contribution >= 0.6 is 0 Å². The number of piperazine rings is 1. The SMILES string of the molecule is COCC#Cc1ccc(Nc2c(C#N)cnc3cc(OCCCN4CCN(C(C)=O)CC4)c(OC)cc23)c2c1OCO2. The van der Waals surface area contributed by atoms with Gasteiger partial charge in [0.25, 0.3) is 0 Å². The number of rotatable bonds is 9. The Kier molecular flexibility index (Phi) is 9.12. The first-order valence-electron chi connectivity index (χ1n) is 13.7. The van der Waals surface area contributed by atoms with Gasteiger partial charge in [0.1, 0.15) is 12.7 Å². The standard InChI is InChI=1S/C31H33N5O6/c1-21(37)36-12-10-35(11-13-36)9-5-15-40-28-17-26-24(16-27(28)39-3)29(23(18-32)19-33-26)34-25-8-7-22(6-4-14-38-2)30-31(25)42-20-41-30/h7-8,16-17,19H,5,9-15,20H2,1-3H3,(H,33,34). The molecule has 0 atom stereocenters. The van der Waals surface area contributed by atoms with Gasteiger partial charge in [0.15, 0.2) is 23.0 Å². The summed E-state index contributed by atoms with van der Waals surface area (Å²) in [6.45, 7) is 6.62. The van der Waals surface area contributed by atoms with Gasteiger partial charge in [0, 0.05) is 64.4 Å². The number of fused-ring (bicyclic) bond motifs is 2. The quantitative estimate of drug-likeness (QED) is 0.302. The van der Waals surface area contributed by atoms with Crippen molar-refractivity contribution in [1.82, 2.24) is 14.8 Å². The molecule has 0 aliphatic carbocycles. The summed E-state index contributed by atoms with van der Waals surface area (Å²) in [6, 6.07) is 9.55. The van der Waals surface area contributed by atoms with Crippen LogP contribution in [0.25, 0.3) is 10.9 Å². The molecular formula is C31H33N5O6. The lowest BCUT2D eigenvalue weighted by Crippen LogP contribution is -2.48. The largest absolute Gasteiger partial charge is 0.493 e. The summed E-state index contributed by atoms with van der Waals surface area (Å²) in [5, 5.41) is 13.9. The number of hydrogen-bond acceptors (Lipinski definition) is 10. The van der Waals surface area contributed by atoms with E-state index in [1.54, 1.807) is 21.1 Å². The average molecular weight is 572 g/mol. The fourth-order valence-electron chi connectivity index (χ4n) is 4.98. The van der Waals surface area contributed by atoms with E-state index in [0.29, 0.717) is 69.6 Å². The van der Waals surface area contributed by atoms with E-state index in [2.05, 4.69) is 33.1 Å². The zero-order valence-corrected chi connectivity index (χ0v) is 24.0. The van der Waals surface area contributed by atoms with Crippen LogP contribution in [0.15, 0.2) is 30.5 Å². The molecule has 2 aromatic carbocycles. The van der Waals surface area contributed by atoms with E-state index in [0.717, 1.165) is 39.1 Å². The lowest BCUT2D eigenvalue weighted by Gasteiger charge is -2.34. The molecule has 1 aromatic heterocycles. The number of nitrogens with one attached hydrogen (secondary N) is 1. The van der Waals surface area contributed by atoms with Crippen LogP contribution in [-0.4, -0.2) is 87.6 Å². The van der Waals surface area contributed by atoms with Gasteiger partial charge in [-0.2, -0.15) is 5.26 Å². The molecule has 1 saturated heterocycles. The van der Waals surface area contributed by atoms with E-state index in [1.807, 2.05) is 29.2 Å². The smallest absolute Gasteiger partial charge is 0.231 e. The summed E-state index contributed by atoms with van der Waals surface area (Å²) < 4.78 is 28.3. The Morgan fingerprint density at radius 2 is 1.90 bits per heavy atom. The highest BCUT2D eigenvalue weighted by atomic mass is 16.7. The third kappa shape index (κ3) is 6.28. The molecule has 0 bridgehead atoms. The van der Waals surface area contributed by atoms with Gasteiger partial charge >= 0.3 is 0 Å². The minimum absolute atomic E-state index is 0.0678. The number of anilines is 2. The molecule has 218 valence electrons. The number of carbonyl (C=O) groups excluding carboxylic acids is 1. The zero-order chi connectivity index (χ0) is 29.5. The monoisotopic (exact) mass is 571 g/mol. The van der Waals surface area contributed by atoms with E-state index in [-0.39, 0.29) is 12.7 Å². The van der Waals surface area contributed by atoms with Gasteiger partial charge in [0.05, 0.1) is 41.7 Å². The highest BCUT2D eigenvalue weighted by Crippen LogP contribution is 2.44. The predicted molar refractivity (Wildman–Crippen MR) is 156 cm³/mol. The molecule has 2 aliphatic heterocycles. The van der Waals surface area contributed by atoms with Crippen molar-refractivity contribution < 1.29 is 28.5 Å². The van der Waals surface area contributed by atoms with Gasteiger partial charge in [-0.15, -0.1) is 0 Å². The number of nitrogens with zero attached hydrogens (tertiary/aromatic N) is 4. The molecule has 42 heavy (non-hydrogen) atoms. The fraction of sp³-hybridized carbons (Fsp3) is 0.387. The first-order chi connectivity index (χ1) is 20.5. The Hall–Kier alpha value is -4.71. The first kappa shape index (κ1) is 28.8. The molecule has 5 rings (SSSR count). The number of aromatic nitrogens is 1. The normalized spacial score (nSPS) is 14.2. The third-order valence-corrected chi connectivity index (χ3v) is 7.19. The fourth-order valence-corrected chi connectivity index (χ4v) is 4.98. The second-order valence-corrected chi connectivity index (χ2v) is 9.81. The maximum absolute atomic E-state index is 11.6. The minimum atomic E-state index is 0.0678. The topological polar surface area (TPSA) is 118 Å². The van der Waals surface area contributed by atoms with Crippen LogP contribution in [0.5, 0.6) is 23.0 Å². The van der Waals surface area contributed by atoms with Crippen molar-refractivity contribution in [1.29, 1.82) is 5.26 Å². The summed E-state index contributed by atoms with van der Waals surface area (Å²) >= 11 is 0. The number of hydrogen-bond donors (Lipinski definition) is 1. The molecule has 0 unspecified atom stereocenters. The predicted octanol–water partition coefficient (Wildman–Crippen LogP) is 3.52. The lowest BCUT2D eigenvalue weighted by molar-refractivity contribution is -0.130. The Morgan fingerprint density at radius 1 is 1.10 bits per heavy atom. The number of carbonyl (C=O) groups is 1. The lowest BCUT2D eigenvalue weighted by atomic mass is 10.1. The van der Waals surface area contributed by atoms with E-state index < -0.39 is 0 Å². The second kappa shape index (κ2) is 13.3. The number of pyridine rings is 1. The number of methoxy groups -OCH3 is 2. The van der Waals surface area contributed by atoms with Crippen LogP contribution in [0.3, 0.4) is 0 Å². The van der Waals surface area contributed by atoms with Gasteiger partial charge < -0.3 is 33.9 Å². The van der Waals surface area contributed by atoms with Crippen molar-refractivity contribution in [2.24, 2.45) is 0 Å². The van der Waals surface area contributed by atoms with E-state index in [9.17, 15) is 10.1 Å². The molecule has 1 amide bonds. The van der Waals surface area contributed by atoms with Crippen LogP contribution < -0.4 is 24.3 Å². The number of ether oxygens (including phenoxy) is 5. The van der Waals surface area contributed by atoms with E-state index in [4.69, 9.17) is 23.7 Å². The highest BCUT2D eigenvalue weighted by Gasteiger charge is 2.23. The molecule has 2 aliphatic rings. The molecule has 1 fully saturated rings. The third-order valence-electron chi connectivity index (χ3n) is 7.19. The molecule has 11 heteroatoms. The zero-order valence-electron chi connectivity index (χ0n) is 24.0. The average Bonchev–Trinajstić information content (AvgIpc) is 3.51. The Morgan fingerprint density at radius 3 is 2.64 bits per heavy atom. The summed E-state index contributed by atoms with van der Waals surface area (Å²) in [5.41, 5.74) is 2.88. The molecule has 1 N–H and O–H groups in total. The van der Waals surface area contributed by atoms with Crippen LogP contribution in [0.4, 0.5) is 11.4 Å². The van der Waals surface area contributed by atoms with Crippen molar-refractivity contribution >= 4 is 28.2 Å². The molecule has 0 radical (unpaired) electrons. The van der Waals surface area contributed by atoms with Gasteiger partial charge in [0.2, 0.25) is 12.7 Å². The molecule has 3 aromatic rings. The van der Waals surface area contributed by atoms with Gasteiger partial charge in [-0.1, -0.05) is 11.8 Å². The van der Waals surface area contributed by atoms with Gasteiger partial charge in [-0.3, -0.25) is 14.7 Å². The maximum atomic E-state index is 11.6. The van der Waals surface area contributed by atoms with E-state index in [1.165, 1.54) is 6.20 Å². The summed E-state index contributed by atoms with van der Waals surface area (Å²) in [5.74, 6) is 8.26. The molecule has 0 saturated carbocycles. The molecule has 3 heterocycles. The van der Waals surface area contributed by atoms with Crippen molar-refractivity contribution in [3.63, 3.8) is 0 Å². The summed E-state index contributed by atoms with van der Waals surface area (Å²) in [7, 11) is 3.17. The van der Waals surface area contributed by atoms with E-state index >= 15 is 0 Å². The number of benzene rings is 2. The highest BCUT2D eigenvalue weighted by molar-refractivity contribution is 5.98.